The van der Waals surface area contributed by atoms with E-state index in [0.717, 1.165) is 11.1 Å². The Kier molecular flexibility index (Phi) is 9.14. The van der Waals surface area contributed by atoms with Gasteiger partial charge in [-0.15, -0.1) is 0 Å². The molecule has 7 nitrogen and oxygen atoms in total. The minimum atomic E-state index is -1.75. The number of carbonyl (C=O) groups is 1. The van der Waals surface area contributed by atoms with Gasteiger partial charge in [-0.05, 0) is 40.5 Å². The highest BCUT2D eigenvalue weighted by Crippen LogP contribution is 2.54. The molecule has 0 saturated carbocycles. The summed E-state index contributed by atoms with van der Waals surface area (Å²) in [5, 5.41) is 10.8. The average Bonchev–Trinajstić information content (AvgIpc) is 3.45. The molecule has 240 valence electrons. The molecule has 2 bridgehead atoms. The Bertz CT molecular complexity index is 1710. The molecular weight excluding hydrogens is 618 g/mol. The zero-order chi connectivity index (χ0) is 32.5. The number of carboxylic acids is 1. The van der Waals surface area contributed by atoms with Crippen molar-refractivity contribution in [3.8, 4) is 5.75 Å². The van der Waals surface area contributed by atoms with Gasteiger partial charge >= 0.3 is 5.97 Å². The van der Waals surface area contributed by atoms with Gasteiger partial charge in [0.25, 0.3) is 0 Å². The van der Waals surface area contributed by atoms with Crippen molar-refractivity contribution < 1.29 is 42.4 Å². The van der Waals surface area contributed by atoms with Gasteiger partial charge in [-0.1, -0.05) is 91.3 Å². The SMILES string of the molecule is COc1ccc(Cc2cc([C@]34OC[C@](C(=O)O)(O3)[C@@H](C)[C@H](OCc3ccccc3)[C@H]4OCc3ccccc3)ccc2Cl)c(F)c1F. The van der Waals surface area contributed by atoms with Gasteiger partial charge in [0.2, 0.25) is 11.6 Å². The van der Waals surface area contributed by atoms with Crippen LogP contribution in [0.25, 0.3) is 0 Å². The summed E-state index contributed by atoms with van der Waals surface area (Å²) in [4.78, 5) is 12.9. The predicted molar refractivity (Wildman–Crippen MR) is 165 cm³/mol. The third kappa shape index (κ3) is 5.78. The molecule has 2 aliphatic rings. The van der Waals surface area contributed by atoms with Gasteiger partial charge in [0.1, 0.15) is 6.10 Å². The quantitative estimate of drug-likeness (QED) is 0.186. The van der Waals surface area contributed by atoms with Gasteiger partial charge < -0.3 is 28.8 Å². The number of aliphatic carboxylic acids is 1. The standard InChI is InChI=1S/C36H33ClF2O7/c1-22-32(43-19-23-9-5-3-6-10-23)33(44-20-24-11-7-4-8-12-24)36(45-21-35(22,46-36)34(40)41)27-14-15-28(37)26(18-27)17-25-13-16-29(42-2)31(39)30(25)38/h3-16,18,22,32-33H,17,19-21H2,1-2H3,(H,40,41)/t22-,32-,33+,35-,36-/m0/s1. The molecule has 6 rings (SSSR count). The highest BCUT2D eigenvalue weighted by molar-refractivity contribution is 6.31. The van der Waals surface area contributed by atoms with Crippen LogP contribution in [-0.4, -0.2) is 42.6 Å². The highest BCUT2D eigenvalue weighted by atomic mass is 35.5. The summed E-state index contributed by atoms with van der Waals surface area (Å²) in [6.07, 6.45) is -1.80. The number of methoxy groups -OCH3 is 1. The van der Waals surface area contributed by atoms with Crippen molar-refractivity contribution in [1.29, 1.82) is 0 Å². The van der Waals surface area contributed by atoms with Gasteiger partial charge in [0.05, 0.1) is 33.0 Å². The van der Waals surface area contributed by atoms with E-state index in [2.05, 4.69) is 0 Å². The lowest BCUT2D eigenvalue weighted by molar-refractivity contribution is -0.330. The second-order valence-corrected chi connectivity index (χ2v) is 12.0. The van der Waals surface area contributed by atoms with Crippen LogP contribution in [0, 0.1) is 17.6 Å². The van der Waals surface area contributed by atoms with Crippen molar-refractivity contribution in [2.75, 3.05) is 13.7 Å². The fourth-order valence-corrected chi connectivity index (χ4v) is 6.40. The Morgan fingerprint density at radius 2 is 1.57 bits per heavy atom. The summed E-state index contributed by atoms with van der Waals surface area (Å²) in [6.45, 7) is 1.85. The first kappa shape index (κ1) is 32.1. The van der Waals surface area contributed by atoms with E-state index in [0.29, 0.717) is 16.1 Å². The molecule has 2 fully saturated rings. The van der Waals surface area contributed by atoms with Crippen LogP contribution in [0.1, 0.15) is 34.7 Å². The summed E-state index contributed by atoms with van der Waals surface area (Å²) in [6, 6.07) is 26.8. The monoisotopic (exact) mass is 650 g/mol. The van der Waals surface area contributed by atoms with Gasteiger partial charge in [-0.2, -0.15) is 4.39 Å². The molecule has 0 radical (unpaired) electrons. The minimum absolute atomic E-state index is 0.0567. The molecule has 2 aliphatic heterocycles. The summed E-state index contributed by atoms with van der Waals surface area (Å²) < 4.78 is 60.5. The Hall–Kier alpha value is -3.86. The van der Waals surface area contributed by atoms with E-state index in [-0.39, 0.29) is 37.6 Å². The second-order valence-electron chi connectivity index (χ2n) is 11.6. The third-order valence-electron chi connectivity index (χ3n) is 8.83. The number of halogens is 3. The lowest BCUT2D eigenvalue weighted by atomic mass is 9.77. The number of benzene rings is 4. The first-order chi connectivity index (χ1) is 22.2. The molecular formula is C36H33ClF2O7. The van der Waals surface area contributed by atoms with Gasteiger partial charge in [-0.25, -0.2) is 9.18 Å². The molecule has 4 aromatic rings. The van der Waals surface area contributed by atoms with E-state index in [1.165, 1.54) is 19.2 Å². The summed E-state index contributed by atoms with van der Waals surface area (Å²) in [5.74, 6) is -5.98. The van der Waals surface area contributed by atoms with E-state index in [9.17, 15) is 14.3 Å². The maximum Gasteiger partial charge on any atom is 0.338 e. The van der Waals surface area contributed by atoms with Crippen LogP contribution in [0.2, 0.25) is 5.02 Å². The molecule has 46 heavy (non-hydrogen) atoms. The lowest BCUT2D eigenvalue weighted by Gasteiger charge is -2.49. The lowest BCUT2D eigenvalue weighted by Crippen LogP contribution is -2.64. The fraction of sp³-hybridized carbons (Fsp3) is 0.306. The van der Waals surface area contributed by atoms with E-state index in [4.69, 9.17) is 35.3 Å². The van der Waals surface area contributed by atoms with E-state index in [1.54, 1.807) is 25.1 Å². The summed E-state index contributed by atoms with van der Waals surface area (Å²) >= 11 is 6.59. The molecule has 0 unspecified atom stereocenters. The van der Waals surface area contributed by atoms with E-state index in [1.807, 2.05) is 60.7 Å². The number of hydrogen-bond donors (Lipinski definition) is 1. The number of hydrogen-bond acceptors (Lipinski definition) is 6. The number of carboxylic acid groups (broad SMARTS) is 1. The Morgan fingerprint density at radius 1 is 0.913 bits per heavy atom. The average molecular weight is 651 g/mol. The first-order valence-corrected chi connectivity index (χ1v) is 15.2. The second kappa shape index (κ2) is 13.1. The molecule has 2 heterocycles. The molecule has 0 aliphatic carbocycles. The van der Waals surface area contributed by atoms with Crippen molar-refractivity contribution in [2.45, 2.75) is 50.2 Å². The zero-order valence-electron chi connectivity index (χ0n) is 25.3. The molecule has 0 aromatic heterocycles. The summed E-state index contributed by atoms with van der Waals surface area (Å²) in [5.41, 5.74) is 0.938. The van der Waals surface area contributed by atoms with Gasteiger partial charge in [-0.3, -0.25) is 0 Å². The van der Waals surface area contributed by atoms with Crippen LogP contribution in [-0.2, 0) is 49.2 Å². The van der Waals surface area contributed by atoms with Crippen LogP contribution in [0.15, 0.2) is 91.0 Å². The highest BCUT2D eigenvalue weighted by Gasteiger charge is 2.70. The maximum atomic E-state index is 15.0. The molecule has 5 atom stereocenters. The molecule has 0 spiro atoms. The van der Waals surface area contributed by atoms with Gasteiger partial charge in [0, 0.05) is 22.9 Å². The van der Waals surface area contributed by atoms with E-state index < -0.39 is 47.1 Å². The Morgan fingerprint density at radius 3 is 2.20 bits per heavy atom. The van der Waals surface area contributed by atoms with Crippen molar-refractivity contribution in [3.05, 3.63) is 135 Å². The van der Waals surface area contributed by atoms with Crippen LogP contribution >= 0.6 is 11.6 Å². The molecule has 10 heteroatoms. The van der Waals surface area contributed by atoms with Crippen molar-refractivity contribution in [2.24, 2.45) is 5.92 Å². The topological polar surface area (TPSA) is 83.5 Å². The first-order valence-electron chi connectivity index (χ1n) is 14.9. The molecule has 0 amide bonds. The Balaban J connectivity index is 1.42. The zero-order valence-corrected chi connectivity index (χ0v) is 26.0. The number of rotatable bonds is 11. The van der Waals surface area contributed by atoms with Crippen LogP contribution in [0.4, 0.5) is 8.78 Å². The number of ether oxygens (including phenoxy) is 5. The fourth-order valence-electron chi connectivity index (χ4n) is 6.22. The van der Waals surface area contributed by atoms with Crippen molar-refractivity contribution in [3.63, 3.8) is 0 Å². The minimum Gasteiger partial charge on any atom is -0.494 e. The molecule has 2 saturated heterocycles. The number of fused-ring (bicyclic) bond motifs is 2. The van der Waals surface area contributed by atoms with Crippen LogP contribution in [0.5, 0.6) is 5.75 Å². The van der Waals surface area contributed by atoms with E-state index >= 15 is 4.39 Å². The van der Waals surface area contributed by atoms with Crippen molar-refractivity contribution >= 4 is 17.6 Å². The van der Waals surface area contributed by atoms with Crippen LogP contribution < -0.4 is 4.74 Å². The largest absolute Gasteiger partial charge is 0.494 e. The smallest absolute Gasteiger partial charge is 0.338 e. The molecule has 4 aromatic carbocycles. The maximum absolute atomic E-state index is 15.0. The normalized spacial score (nSPS) is 25.4. The predicted octanol–water partition coefficient (Wildman–Crippen LogP) is 7.06. The molecule has 1 N–H and O–H groups in total. The Labute approximate surface area is 270 Å². The van der Waals surface area contributed by atoms with Gasteiger partial charge in [0.15, 0.2) is 17.2 Å². The third-order valence-corrected chi connectivity index (χ3v) is 9.20. The van der Waals surface area contributed by atoms with Crippen molar-refractivity contribution in [1.82, 2.24) is 0 Å². The van der Waals surface area contributed by atoms with Crippen LogP contribution in [0.3, 0.4) is 0 Å². The summed E-state index contributed by atoms with van der Waals surface area (Å²) in [7, 11) is 1.26.